The molecule has 2 aliphatic rings. The van der Waals surface area contributed by atoms with Crippen LogP contribution in [0.4, 0.5) is 0 Å². The van der Waals surface area contributed by atoms with E-state index in [2.05, 4.69) is 46.8 Å². The summed E-state index contributed by atoms with van der Waals surface area (Å²) >= 11 is 0. The second-order valence-electron chi connectivity index (χ2n) is 8.44. The van der Waals surface area contributed by atoms with Crippen molar-refractivity contribution in [2.45, 2.75) is 57.2 Å². The molecule has 1 aromatic carbocycles. The van der Waals surface area contributed by atoms with Crippen LogP contribution in [0.1, 0.15) is 56.2 Å². The summed E-state index contributed by atoms with van der Waals surface area (Å²) in [7, 11) is 1.66. The van der Waals surface area contributed by atoms with Crippen molar-refractivity contribution in [2.24, 2.45) is 4.99 Å². The summed E-state index contributed by atoms with van der Waals surface area (Å²) < 4.78 is 17.4. The Morgan fingerprint density at radius 2 is 2.00 bits per heavy atom. The van der Waals surface area contributed by atoms with Gasteiger partial charge in [0.15, 0.2) is 5.96 Å². The molecule has 1 spiro atoms. The third kappa shape index (κ3) is 6.50. The van der Waals surface area contributed by atoms with Crippen molar-refractivity contribution in [3.63, 3.8) is 0 Å². The molecule has 0 radical (unpaired) electrons. The van der Waals surface area contributed by atoms with Gasteiger partial charge in [0.25, 0.3) is 0 Å². The van der Waals surface area contributed by atoms with Gasteiger partial charge in [-0.2, -0.15) is 0 Å². The van der Waals surface area contributed by atoms with Crippen LogP contribution in [0.15, 0.2) is 47.6 Å². The fourth-order valence-corrected chi connectivity index (χ4v) is 4.62. The van der Waals surface area contributed by atoms with Gasteiger partial charge < -0.3 is 24.8 Å². The minimum Gasteiger partial charge on any atom is -0.487 e. The predicted molar refractivity (Wildman–Crippen MR) is 141 cm³/mol. The molecule has 1 saturated carbocycles. The molecule has 1 aromatic heterocycles. The average molecular weight is 566 g/mol. The van der Waals surface area contributed by atoms with E-state index in [1.54, 1.807) is 13.3 Å². The van der Waals surface area contributed by atoms with Crippen LogP contribution >= 0.6 is 24.0 Å². The van der Waals surface area contributed by atoms with E-state index in [1.165, 1.54) is 18.4 Å². The molecule has 7 nitrogen and oxygen atoms in total. The zero-order chi connectivity index (χ0) is 22.2. The Hall–Kier alpha value is -2.07. The summed E-state index contributed by atoms with van der Waals surface area (Å²) in [5.41, 5.74) is 2.08. The van der Waals surface area contributed by atoms with E-state index in [0.29, 0.717) is 25.6 Å². The van der Waals surface area contributed by atoms with E-state index >= 15 is 0 Å². The van der Waals surface area contributed by atoms with Crippen LogP contribution < -0.4 is 20.1 Å². The van der Waals surface area contributed by atoms with Gasteiger partial charge in [-0.1, -0.05) is 24.3 Å². The number of halogens is 1. The molecule has 1 atom stereocenters. The topological polar surface area (TPSA) is 77.0 Å². The van der Waals surface area contributed by atoms with Crippen LogP contribution in [0.2, 0.25) is 0 Å². The number of rotatable bonds is 8. The zero-order valence-electron chi connectivity index (χ0n) is 19.5. The minimum atomic E-state index is -0.0605. The Bertz CT molecular complexity index is 918. The SMILES string of the molecule is CCNC(=NCc1cccnc1OCCOC)NC1CC2(CCCC2)Oc2ccccc21.I. The molecule has 2 heterocycles. The van der Waals surface area contributed by atoms with Crippen molar-refractivity contribution in [1.29, 1.82) is 0 Å². The van der Waals surface area contributed by atoms with Crippen LogP contribution in [0.3, 0.4) is 0 Å². The lowest BCUT2D eigenvalue weighted by Crippen LogP contribution is -2.46. The van der Waals surface area contributed by atoms with E-state index in [9.17, 15) is 0 Å². The van der Waals surface area contributed by atoms with Gasteiger partial charge in [0.05, 0.1) is 19.2 Å². The van der Waals surface area contributed by atoms with Crippen LogP contribution in [-0.4, -0.2) is 43.4 Å². The first-order valence-electron chi connectivity index (χ1n) is 11.6. The maximum Gasteiger partial charge on any atom is 0.218 e. The molecule has 1 aliphatic carbocycles. The summed E-state index contributed by atoms with van der Waals surface area (Å²) in [6, 6.07) is 12.4. The maximum absolute atomic E-state index is 6.51. The highest BCUT2D eigenvalue weighted by atomic mass is 127. The molecule has 8 heteroatoms. The van der Waals surface area contributed by atoms with Crippen LogP contribution in [0, 0.1) is 0 Å². The number of hydrogen-bond acceptors (Lipinski definition) is 5. The highest BCUT2D eigenvalue weighted by Gasteiger charge is 2.43. The van der Waals surface area contributed by atoms with E-state index in [1.807, 2.05) is 12.1 Å². The number of methoxy groups -OCH3 is 1. The van der Waals surface area contributed by atoms with Gasteiger partial charge in [-0.15, -0.1) is 24.0 Å². The molecule has 0 amide bonds. The standard InChI is InChI=1S/C25H34N4O3.HI/c1-3-26-24(28-18-19-9-8-14-27-23(19)31-16-15-30-2)29-21-17-25(12-6-7-13-25)32-22-11-5-4-10-20(21)22;/h4-5,8-11,14,21H,3,6-7,12-13,15-18H2,1-2H3,(H2,26,28,29);1H. The molecular formula is C25H35IN4O3. The fourth-order valence-electron chi connectivity index (χ4n) is 4.62. The predicted octanol–water partition coefficient (Wildman–Crippen LogP) is 4.62. The molecule has 180 valence electrons. The van der Waals surface area contributed by atoms with Gasteiger partial charge in [0, 0.05) is 37.4 Å². The zero-order valence-corrected chi connectivity index (χ0v) is 21.8. The Labute approximate surface area is 213 Å². The summed E-state index contributed by atoms with van der Waals surface area (Å²) in [6.07, 6.45) is 7.38. The molecule has 0 saturated heterocycles. The van der Waals surface area contributed by atoms with Crippen molar-refractivity contribution >= 4 is 29.9 Å². The summed E-state index contributed by atoms with van der Waals surface area (Å²) in [5.74, 6) is 2.38. The van der Waals surface area contributed by atoms with E-state index in [4.69, 9.17) is 19.2 Å². The van der Waals surface area contributed by atoms with Crippen molar-refractivity contribution in [2.75, 3.05) is 26.9 Å². The number of nitrogens with one attached hydrogen (secondary N) is 2. The van der Waals surface area contributed by atoms with E-state index in [-0.39, 0.29) is 35.6 Å². The molecule has 1 unspecified atom stereocenters. The number of aliphatic imine (C=N–C) groups is 1. The van der Waals surface area contributed by atoms with Crippen LogP contribution in [0.25, 0.3) is 0 Å². The number of guanidine groups is 1. The molecular weight excluding hydrogens is 531 g/mol. The van der Waals surface area contributed by atoms with Crippen LogP contribution in [-0.2, 0) is 11.3 Å². The van der Waals surface area contributed by atoms with E-state index in [0.717, 1.165) is 43.1 Å². The van der Waals surface area contributed by atoms with Gasteiger partial charge in [-0.25, -0.2) is 9.98 Å². The number of para-hydroxylation sites is 1. The Kier molecular flexibility index (Phi) is 9.61. The normalized spacial score (nSPS) is 18.7. The lowest BCUT2D eigenvalue weighted by Gasteiger charge is -2.40. The first kappa shape index (κ1) is 25.6. The lowest BCUT2D eigenvalue weighted by atomic mass is 9.86. The molecule has 1 fully saturated rings. The molecule has 2 aromatic rings. The third-order valence-electron chi connectivity index (χ3n) is 6.15. The van der Waals surface area contributed by atoms with Crippen molar-refractivity contribution in [1.82, 2.24) is 15.6 Å². The number of aromatic nitrogens is 1. The largest absolute Gasteiger partial charge is 0.487 e. The quantitative estimate of drug-likeness (QED) is 0.210. The van der Waals surface area contributed by atoms with Crippen molar-refractivity contribution < 1.29 is 14.2 Å². The monoisotopic (exact) mass is 566 g/mol. The highest BCUT2D eigenvalue weighted by molar-refractivity contribution is 14.0. The third-order valence-corrected chi connectivity index (χ3v) is 6.15. The second-order valence-corrected chi connectivity index (χ2v) is 8.44. The molecule has 1 aliphatic heterocycles. The Morgan fingerprint density at radius 3 is 2.79 bits per heavy atom. The number of nitrogens with zero attached hydrogens (tertiary/aromatic N) is 2. The van der Waals surface area contributed by atoms with Gasteiger partial charge in [-0.05, 0) is 44.7 Å². The molecule has 4 rings (SSSR count). The first-order chi connectivity index (χ1) is 15.7. The number of pyridine rings is 1. The molecule has 2 N–H and O–H groups in total. The molecule has 33 heavy (non-hydrogen) atoms. The summed E-state index contributed by atoms with van der Waals surface area (Å²) in [6.45, 7) is 4.32. The fraction of sp³-hybridized carbons (Fsp3) is 0.520. The number of fused-ring (bicyclic) bond motifs is 1. The highest BCUT2D eigenvalue weighted by Crippen LogP contribution is 2.46. The molecule has 0 bridgehead atoms. The average Bonchev–Trinajstić information content (AvgIpc) is 3.25. The smallest absolute Gasteiger partial charge is 0.218 e. The van der Waals surface area contributed by atoms with Crippen molar-refractivity contribution in [3.05, 3.63) is 53.7 Å². The summed E-state index contributed by atoms with van der Waals surface area (Å²) in [5, 5.41) is 7.08. The van der Waals surface area contributed by atoms with Gasteiger partial charge in [-0.3, -0.25) is 0 Å². The van der Waals surface area contributed by atoms with Crippen LogP contribution in [0.5, 0.6) is 11.6 Å². The maximum atomic E-state index is 6.51. The van der Waals surface area contributed by atoms with Gasteiger partial charge >= 0.3 is 0 Å². The Balaban J connectivity index is 0.00000306. The van der Waals surface area contributed by atoms with Gasteiger partial charge in [0.1, 0.15) is 18.0 Å². The number of hydrogen-bond donors (Lipinski definition) is 2. The van der Waals surface area contributed by atoms with Crippen molar-refractivity contribution in [3.8, 4) is 11.6 Å². The lowest BCUT2D eigenvalue weighted by molar-refractivity contribution is 0.0396. The minimum absolute atomic E-state index is 0. The second kappa shape index (κ2) is 12.4. The number of ether oxygens (including phenoxy) is 3. The van der Waals surface area contributed by atoms with E-state index < -0.39 is 0 Å². The Morgan fingerprint density at radius 1 is 1.18 bits per heavy atom. The summed E-state index contributed by atoms with van der Waals surface area (Å²) in [4.78, 5) is 9.22. The first-order valence-corrected chi connectivity index (χ1v) is 11.6. The van der Waals surface area contributed by atoms with Gasteiger partial charge in [0.2, 0.25) is 5.88 Å². The number of benzene rings is 1.